The molecule has 0 saturated carbocycles. The quantitative estimate of drug-likeness (QED) is 0.708. The zero-order valence-electron chi connectivity index (χ0n) is 8.77. The number of nitrogens with zero attached hydrogens (tertiary/aromatic N) is 2. The SMILES string of the molecule is Nc1ccc(C(=O)NCc2ncn[nH]2)c(Cl)c1. The van der Waals surface area contributed by atoms with E-state index in [4.69, 9.17) is 17.3 Å². The van der Waals surface area contributed by atoms with Gasteiger partial charge >= 0.3 is 0 Å². The molecule has 0 aliphatic heterocycles. The minimum Gasteiger partial charge on any atom is -0.399 e. The van der Waals surface area contributed by atoms with Gasteiger partial charge in [0, 0.05) is 5.69 Å². The summed E-state index contributed by atoms with van der Waals surface area (Å²) in [5.41, 5.74) is 6.43. The van der Waals surface area contributed by atoms with Crippen LogP contribution in [0.2, 0.25) is 5.02 Å². The maximum absolute atomic E-state index is 11.8. The van der Waals surface area contributed by atoms with Crippen LogP contribution in [0.4, 0.5) is 5.69 Å². The van der Waals surface area contributed by atoms with Crippen molar-refractivity contribution < 1.29 is 4.79 Å². The second-order valence-corrected chi connectivity index (χ2v) is 3.76. The van der Waals surface area contributed by atoms with E-state index >= 15 is 0 Å². The molecule has 2 rings (SSSR count). The average Bonchev–Trinajstić information content (AvgIpc) is 2.78. The van der Waals surface area contributed by atoms with Crippen molar-refractivity contribution in [2.24, 2.45) is 0 Å². The van der Waals surface area contributed by atoms with E-state index in [1.807, 2.05) is 0 Å². The normalized spacial score (nSPS) is 10.2. The largest absolute Gasteiger partial charge is 0.399 e. The number of hydrogen-bond donors (Lipinski definition) is 3. The Morgan fingerprint density at radius 1 is 1.53 bits per heavy atom. The van der Waals surface area contributed by atoms with E-state index in [2.05, 4.69) is 20.5 Å². The maximum atomic E-state index is 11.8. The Bertz CT molecular complexity index is 525. The molecule has 0 unspecified atom stereocenters. The summed E-state index contributed by atoms with van der Waals surface area (Å²) in [6, 6.07) is 4.73. The van der Waals surface area contributed by atoms with Gasteiger partial charge in [0.1, 0.15) is 12.2 Å². The van der Waals surface area contributed by atoms with Crippen LogP contribution in [-0.4, -0.2) is 21.1 Å². The molecular formula is C10H10ClN5O. The van der Waals surface area contributed by atoms with Crippen LogP contribution in [0.3, 0.4) is 0 Å². The lowest BCUT2D eigenvalue weighted by atomic mass is 10.2. The fraction of sp³-hybridized carbons (Fsp3) is 0.100. The second-order valence-electron chi connectivity index (χ2n) is 3.35. The van der Waals surface area contributed by atoms with E-state index in [1.54, 1.807) is 12.1 Å². The molecule has 0 atom stereocenters. The third kappa shape index (κ3) is 2.73. The molecule has 0 aliphatic carbocycles. The fourth-order valence-electron chi connectivity index (χ4n) is 1.29. The number of aromatic nitrogens is 3. The van der Waals surface area contributed by atoms with Crippen LogP contribution >= 0.6 is 11.6 Å². The molecule has 0 radical (unpaired) electrons. The Morgan fingerprint density at radius 2 is 2.35 bits per heavy atom. The van der Waals surface area contributed by atoms with Gasteiger partial charge in [0.15, 0.2) is 0 Å². The third-order valence-electron chi connectivity index (χ3n) is 2.12. The number of H-pyrrole nitrogens is 1. The number of amides is 1. The van der Waals surface area contributed by atoms with Crippen molar-refractivity contribution in [2.75, 3.05) is 5.73 Å². The number of carbonyl (C=O) groups is 1. The highest BCUT2D eigenvalue weighted by Crippen LogP contribution is 2.18. The van der Waals surface area contributed by atoms with Gasteiger partial charge in [0.25, 0.3) is 5.91 Å². The Labute approximate surface area is 102 Å². The Morgan fingerprint density at radius 3 is 3.00 bits per heavy atom. The van der Waals surface area contributed by atoms with Crippen molar-refractivity contribution in [1.29, 1.82) is 0 Å². The molecule has 88 valence electrons. The van der Waals surface area contributed by atoms with Crippen LogP contribution in [0.5, 0.6) is 0 Å². The van der Waals surface area contributed by atoms with Gasteiger partial charge in [-0.05, 0) is 18.2 Å². The third-order valence-corrected chi connectivity index (χ3v) is 2.43. The van der Waals surface area contributed by atoms with Crippen LogP contribution < -0.4 is 11.1 Å². The monoisotopic (exact) mass is 251 g/mol. The number of nitrogens with two attached hydrogens (primary N) is 1. The molecule has 0 aliphatic rings. The molecule has 0 bridgehead atoms. The highest BCUT2D eigenvalue weighted by Gasteiger charge is 2.10. The predicted molar refractivity (Wildman–Crippen MR) is 63.4 cm³/mol. The highest BCUT2D eigenvalue weighted by atomic mass is 35.5. The van der Waals surface area contributed by atoms with Crippen LogP contribution in [0.15, 0.2) is 24.5 Å². The van der Waals surface area contributed by atoms with Gasteiger partial charge in [-0.3, -0.25) is 9.89 Å². The Balaban J connectivity index is 2.04. The van der Waals surface area contributed by atoms with E-state index in [0.717, 1.165) is 0 Å². The molecule has 0 fully saturated rings. The smallest absolute Gasteiger partial charge is 0.253 e. The van der Waals surface area contributed by atoms with Crippen molar-refractivity contribution in [3.8, 4) is 0 Å². The maximum Gasteiger partial charge on any atom is 0.253 e. The molecule has 17 heavy (non-hydrogen) atoms. The summed E-state index contributed by atoms with van der Waals surface area (Å²) in [7, 11) is 0. The van der Waals surface area contributed by atoms with Crippen molar-refractivity contribution in [1.82, 2.24) is 20.5 Å². The number of nitrogen functional groups attached to an aromatic ring is 1. The number of halogens is 1. The first-order chi connectivity index (χ1) is 8.16. The van der Waals surface area contributed by atoms with Gasteiger partial charge in [-0.15, -0.1) is 0 Å². The molecule has 2 aromatic rings. The molecule has 7 heteroatoms. The van der Waals surface area contributed by atoms with Crippen LogP contribution in [0.1, 0.15) is 16.2 Å². The molecule has 1 amide bonds. The van der Waals surface area contributed by atoms with E-state index < -0.39 is 0 Å². The molecular weight excluding hydrogens is 242 g/mol. The van der Waals surface area contributed by atoms with Crippen molar-refractivity contribution >= 4 is 23.2 Å². The van der Waals surface area contributed by atoms with Crippen molar-refractivity contribution in [3.05, 3.63) is 40.9 Å². The summed E-state index contributed by atoms with van der Waals surface area (Å²) in [6.45, 7) is 0.263. The minimum atomic E-state index is -0.286. The average molecular weight is 252 g/mol. The van der Waals surface area contributed by atoms with E-state index in [9.17, 15) is 4.79 Å². The Kier molecular flexibility index (Phi) is 3.24. The van der Waals surface area contributed by atoms with Gasteiger partial charge in [0.05, 0.1) is 17.1 Å². The summed E-state index contributed by atoms with van der Waals surface area (Å²) in [6.07, 6.45) is 1.37. The summed E-state index contributed by atoms with van der Waals surface area (Å²) in [4.78, 5) is 15.7. The molecule has 4 N–H and O–H groups in total. The van der Waals surface area contributed by atoms with E-state index in [0.29, 0.717) is 22.1 Å². The Hall–Kier alpha value is -2.08. The second kappa shape index (κ2) is 4.84. The van der Waals surface area contributed by atoms with Crippen molar-refractivity contribution in [2.45, 2.75) is 6.54 Å². The highest BCUT2D eigenvalue weighted by molar-refractivity contribution is 6.34. The van der Waals surface area contributed by atoms with Gasteiger partial charge in [-0.1, -0.05) is 11.6 Å². The molecule has 1 heterocycles. The summed E-state index contributed by atoms with van der Waals surface area (Å²) >= 11 is 5.91. The number of aromatic amines is 1. The summed E-state index contributed by atoms with van der Waals surface area (Å²) in [5, 5.41) is 9.29. The zero-order valence-corrected chi connectivity index (χ0v) is 9.53. The topological polar surface area (TPSA) is 96.7 Å². The zero-order chi connectivity index (χ0) is 12.3. The molecule has 1 aromatic heterocycles. The number of carbonyl (C=O) groups excluding carboxylic acids is 1. The van der Waals surface area contributed by atoms with Crippen molar-refractivity contribution in [3.63, 3.8) is 0 Å². The molecule has 0 spiro atoms. The number of rotatable bonds is 3. The lowest BCUT2D eigenvalue weighted by molar-refractivity contribution is 0.0950. The first-order valence-electron chi connectivity index (χ1n) is 4.84. The first kappa shape index (κ1) is 11.4. The minimum absolute atomic E-state index is 0.263. The van der Waals surface area contributed by atoms with Gasteiger partial charge in [-0.2, -0.15) is 5.10 Å². The standard InChI is InChI=1S/C10H10ClN5O/c11-8-3-6(12)1-2-7(8)10(17)13-4-9-14-5-15-16-9/h1-3,5H,4,12H2,(H,13,17)(H,14,15,16). The number of nitrogens with one attached hydrogen (secondary N) is 2. The predicted octanol–water partition coefficient (Wildman–Crippen LogP) is 0.970. The first-order valence-corrected chi connectivity index (χ1v) is 5.22. The van der Waals surface area contributed by atoms with E-state index in [1.165, 1.54) is 12.4 Å². The fourth-order valence-corrected chi connectivity index (χ4v) is 1.57. The van der Waals surface area contributed by atoms with Gasteiger partial charge in [0.2, 0.25) is 0 Å². The van der Waals surface area contributed by atoms with Crippen LogP contribution in [-0.2, 0) is 6.54 Å². The number of hydrogen-bond acceptors (Lipinski definition) is 4. The van der Waals surface area contributed by atoms with Gasteiger partial charge < -0.3 is 11.1 Å². The number of benzene rings is 1. The molecule has 1 aromatic carbocycles. The summed E-state index contributed by atoms with van der Waals surface area (Å²) in [5.74, 6) is 0.288. The lowest BCUT2D eigenvalue weighted by Crippen LogP contribution is -2.23. The molecule has 6 nitrogen and oxygen atoms in total. The van der Waals surface area contributed by atoms with E-state index in [-0.39, 0.29) is 12.5 Å². The van der Waals surface area contributed by atoms with Crippen LogP contribution in [0, 0.1) is 0 Å². The van der Waals surface area contributed by atoms with Crippen LogP contribution in [0.25, 0.3) is 0 Å². The van der Waals surface area contributed by atoms with Gasteiger partial charge in [-0.25, -0.2) is 4.98 Å². The lowest BCUT2D eigenvalue weighted by Gasteiger charge is -2.05. The summed E-state index contributed by atoms with van der Waals surface area (Å²) < 4.78 is 0. The molecule has 0 saturated heterocycles. The number of anilines is 1.